The van der Waals surface area contributed by atoms with Crippen LogP contribution in [-0.2, 0) is 6.18 Å². The lowest BCUT2D eigenvalue weighted by molar-refractivity contribution is -0.159. The number of halogens is 3. The summed E-state index contributed by atoms with van der Waals surface area (Å²) in [5, 5.41) is 6.21. The molecule has 9 heteroatoms. The maximum Gasteiger partial charge on any atom is 0.471 e. The topological polar surface area (TPSA) is 71.3 Å². The van der Waals surface area contributed by atoms with Gasteiger partial charge in [0, 0.05) is 23.7 Å². The van der Waals surface area contributed by atoms with Crippen molar-refractivity contribution >= 4 is 5.91 Å². The Morgan fingerprint density at radius 2 is 1.85 bits per heavy atom. The quantitative estimate of drug-likeness (QED) is 0.810. The van der Waals surface area contributed by atoms with E-state index in [0.717, 1.165) is 19.6 Å². The van der Waals surface area contributed by atoms with Gasteiger partial charge in [0.25, 0.3) is 5.91 Å². The fourth-order valence-electron chi connectivity index (χ4n) is 2.45. The summed E-state index contributed by atoms with van der Waals surface area (Å²) >= 11 is 0. The standard InChI is InChI=1S/C17H21F3N4O2/c1-4-24(5-2)10-11(3)21-15(25)13-8-6-12(7-9-13)14-22-16(26-23-14)17(18,19)20/h6-9,11H,4-5,10H2,1-3H3,(H,21,25)/t11-/m0/s1. The van der Waals surface area contributed by atoms with E-state index >= 15 is 0 Å². The molecule has 1 aromatic carbocycles. The summed E-state index contributed by atoms with van der Waals surface area (Å²) in [7, 11) is 0. The van der Waals surface area contributed by atoms with E-state index < -0.39 is 12.1 Å². The van der Waals surface area contributed by atoms with Crippen molar-refractivity contribution in [3.63, 3.8) is 0 Å². The van der Waals surface area contributed by atoms with Gasteiger partial charge in [-0.1, -0.05) is 31.1 Å². The van der Waals surface area contributed by atoms with E-state index in [-0.39, 0.29) is 17.8 Å². The zero-order chi connectivity index (χ0) is 19.3. The van der Waals surface area contributed by atoms with Gasteiger partial charge in [-0.15, -0.1) is 0 Å². The van der Waals surface area contributed by atoms with Crippen molar-refractivity contribution in [3.05, 3.63) is 35.7 Å². The van der Waals surface area contributed by atoms with Crippen LogP contribution in [0, 0.1) is 0 Å². The molecule has 1 aromatic heterocycles. The summed E-state index contributed by atoms with van der Waals surface area (Å²) in [6, 6.07) is 5.95. The minimum atomic E-state index is -4.69. The van der Waals surface area contributed by atoms with Crippen LogP contribution in [-0.4, -0.2) is 46.6 Å². The zero-order valence-electron chi connectivity index (χ0n) is 14.8. The molecule has 1 N–H and O–H groups in total. The average molecular weight is 370 g/mol. The van der Waals surface area contributed by atoms with Crippen LogP contribution in [0.5, 0.6) is 0 Å². The third-order valence-electron chi connectivity index (χ3n) is 3.88. The molecule has 0 saturated carbocycles. The SMILES string of the molecule is CCN(CC)C[C@H](C)NC(=O)c1ccc(-c2noc(C(F)(F)F)n2)cc1. The van der Waals surface area contributed by atoms with E-state index in [1.165, 1.54) is 24.3 Å². The molecule has 0 radical (unpaired) electrons. The summed E-state index contributed by atoms with van der Waals surface area (Å²) < 4.78 is 41.7. The molecule has 26 heavy (non-hydrogen) atoms. The summed E-state index contributed by atoms with van der Waals surface area (Å²) in [6.07, 6.45) is -4.69. The zero-order valence-corrected chi connectivity index (χ0v) is 14.8. The Morgan fingerprint density at radius 1 is 1.23 bits per heavy atom. The summed E-state index contributed by atoms with van der Waals surface area (Å²) in [5.74, 6) is -1.83. The molecule has 0 saturated heterocycles. The number of carbonyl (C=O) groups excluding carboxylic acids is 1. The van der Waals surface area contributed by atoms with Crippen LogP contribution in [0.2, 0.25) is 0 Å². The fraction of sp³-hybridized carbons (Fsp3) is 0.471. The van der Waals surface area contributed by atoms with Gasteiger partial charge in [0.05, 0.1) is 0 Å². The number of amides is 1. The Balaban J connectivity index is 2.02. The summed E-state index contributed by atoms with van der Waals surface area (Å²) in [5.41, 5.74) is 0.733. The van der Waals surface area contributed by atoms with Gasteiger partial charge in [0.1, 0.15) is 0 Å². The van der Waals surface area contributed by atoms with Gasteiger partial charge >= 0.3 is 12.1 Å². The van der Waals surface area contributed by atoms with Crippen LogP contribution in [0.25, 0.3) is 11.4 Å². The van der Waals surface area contributed by atoms with E-state index in [1.807, 2.05) is 6.92 Å². The maximum absolute atomic E-state index is 12.5. The Hall–Kier alpha value is -2.42. The van der Waals surface area contributed by atoms with Crippen molar-refractivity contribution in [1.29, 1.82) is 0 Å². The number of carbonyl (C=O) groups is 1. The first-order valence-electron chi connectivity index (χ1n) is 8.29. The highest BCUT2D eigenvalue weighted by Crippen LogP contribution is 2.29. The summed E-state index contributed by atoms with van der Waals surface area (Å²) in [4.78, 5) is 17.8. The van der Waals surface area contributed by atoms with E-state index in [0.29, 0.717) is 11.1 Å². The minimum Gasteiger partial charge on any atom is -0.348 e. The number of alkyl halides is 3. The third kappa shape index (κ3) is 5.04. The van der Waals surface area contributed by atoms with Crippen LogP contribution < -0.4 is 5.32 Å². The lowest BCUT2D eigenvalue weighted by Gasteiger charge is -2.23. The van der Waals surface area contributed by atoms with Gasteiger partial charge in [0.15, 0.2) is 0 Å². The number of nitrogens with zero attached hydrogens (tertiary/aromatic N) is 3. The smallest absolute Gasteiger partial charge is 0.348 e. The third-order valence-corrected chi connectivity index (χ3v) is 3.88. The first-order valence-corrected chi connectivity index (χ1v) is 8.29. The summed E-state index contributed by atoms with van der Waals surface area (Å²) in [6.45, 7) is 8.56. The van der Waals surface area contributed by atoms with E-state index in [1.54, 1.807) is 0 Å². The first kappa shape index (κ1) is 19.9. The van der Waals surface area contributed by atoms with Gasteiger partial charge in [-0.2, -0.15) is 18.2 Å². The van der Waals surface area contributed by atoms with E-state index in [2.05, 4.69) is 38.7 Å². The van der Waals surface area contributed by atoms with Crippen molar-refractivity contribution in [2.45, 2.75) is 33.0 Å². The van der Waals surface area contributed by atoms with Crippen molar-refractivity contribution in [3.8, 4) is 11.4 Å². The Morgan fingerprint density at radius 3 is 2.35 bits per heavy atom. The monoisotopic (exact) mass is 370 g/mol. The Labute approximate surface area is 149 Å². The van der Waals surface area contributed by atoms with Crippen LogP contribution in [0.15, 0.2) is 28.8 Å². The molecule has 0 spiro atoms. The molecule has 1 amide bonds. The number of nitrogens with one attached hydrogen (secondary N) is 1. The van der Waals surface area contributed by atoms with Crippen LogP contribution in [0.3, 0.4) is 0 Å². The second-order valence-electron chi connectivity index (χ2n) is 5.86. The van der Waals surface area contributed by atoms with Gasteiger partial charge in [-0.05, 0) is 32.1 Å². The second-order valence-corrected chi connectivity index (χ2v) is 5.86. The molecule has 142 valence electrons. The van der Waals surface area contributed by atoms with E-state index in [4.69, 9.17) is 0 Å². The lowest BCUT2D eigenvalue weighted by atomic mass is 10.1. The lowest BCUT2D eigenvalue weighted by Crippen LogP contribution is -2.41. The number of aromatic nitrogens is 2. The molecule has 0 aliphatic carbocycles. The molecule has 0 fully saturated rings. The van der Waals surface area contributed by atoms with Gasteiger partial charge in [-0.25, -0.2) is 0 Å². The van der Waals surface area contributed by atoms with Gasteiger partial charge < -0.3 is 14.7 Å². The molecule has 0 bridgehead atoms. The number of hydrogen-bond acceptors (Lipinski definition) is 5. The normalized spacial score (nSPS) is 13.0. The largest absolute Gasteiger partial charge is 0.471 e. The van der Waals surface area contributed by atoms with Gasteiger partial charge in [-0.3, -0.25) is 4.79 Å². The minimum absolute atomic E-state index is 0.0337. The van der Waals surface area contributed by atoms with Crippen molar-refractivity contribution in [1.82, 2.24) is 20.4 Å². The molecule has 0 aliphatic rings. The maximum atomic E-state index is 12.5. The Bertz CT molecular complexity index is 724. The molecule has 2 rings (SSSR count). The Kier molecular flexibility index (Phi) is 6.36. The molecule has 0 aliphatic heterocycles. The van der Waals surface area contributed by atoms with Crippen molar-refractivity contribution in [2.24, 2.45) is 0 Å². The molecule has 6 nitrogen and oxygen atoms in total. The van der Waals surface area contributed by atoms with Crippen LogP contribution >= 0.6 is 0 Å². The van der Waals surface area contributed by atoms with Crippen LogP contribution in [0.4, 0.5) is 13.2 Å². The number of benzene rings is 1. The fourth-order valence-corrected chi connectivity index (χ4v) is 2.45. The molecule has 0 unspecified atom stereocenters. The highest BCUT2D eigenvalue weighted by atomic mass is 19.4. The highest BCUT2D eigenvalue weighted by molar-refractivity contribution is 5.94. The predicted molar refractivity (Wildman–Crippen MR) is 89.5 cm³/mol. The molecule has 2 aromatic rings. The highest BCUT2D eigenvalue weighted by Gasteiger charge is 2.38. The van der Waals surface area contributed by atoms with E-state index in [9.17, 15) is 18.0 Å². The molecular formula is C17H21F3N4O2. The predicted octanol–water partition coefficient (Wildman–Crippen LogP) is 3.22. The number of likely N-dealkylation sites (N-methyl/N-ethyl adjacent to an activating group) is 1. The molecular weight excluding hydrogens is 349 g/mol. The van der Waals surface area contributed by atoms with Crippen LogP contribution in [0.1, 0.15) is 37.0 Å². The van der Waals surface area contributed by atoms with Crippen molar-refractivity contribution < 1.29 is 22.5 Å². The van der Waals surface area contributed by atoms with Gasteiger partial charge in [0.2, 0.25) is 5.82 Å². The molecule has 1 atom stereocenters. The number of rotatable bonds is 7. The first-order chi connectivity index (χ1) is 12.2. The van der Waals surface area contributed by atoms with Crippen molar-refractivity contribution in [2.75, 3.05) is 19.6 Å². The number of hydrogen-bond donors (Lipinski definition) is 1. The second kappa shape index (κ2) is 8.31. The average Bonchev–Trinajstić information content (AvgIpc) is 3.10. The molecule has 1 heterocycles.